The summed E-state index contributed by atoms with van der Waals surface area (Å²) in [6, 6.07) is 4.95. The Morgan fingerprint density at radius 2 is 2.27 bits per heavy atom. The lowest BCUT2D eigenvalue weighted by molar-refractivity contribution is -0.147. The molecule has 0 bridgehead atoms. The van der Waals surface area contributed by atoms with Gasteiger partial charge in [0.1, 0.15) is 11.8 Å². The van der Waals surface area contributed by atoms with Crippen molar-refractivity contribution >= 4 is 22.8 Å². The van der Waals surface area contributed by atoms with E-state index in [9.17, 15) is 14.7 Å². The number of carbonyl (C=O) groups is 2. The van der Waals surface area contributed by atoms with Gasteiger partial charge < -0.3 is 19.7 Å². The number of rotatable bonds is 4. The quantitative estimate of drug-likeness (QED) is 0.902. The maximum atomic E-state index is 12.5. The van der Waals surface area contributed by atoms with Crippen molar-refractivity contribution in [3.63, 3.8) is 0 Å². The molecule has 1 saturated heterocycles. The fraction of sp³-hybridized carbons (Fsp3) is 0.375. The Bertz CT molecular complexity index is 722. The molecular formula is C16H18N2O4. The van der Waals surface area contributed by atoms with Crippen molar-refractivity contribution in [2.45, 2.75) is 25.3 Å². The van der Waals surface area contributed by atoms with E-state index in [0.717, 1.165) is 22.9 Å². The minimum absolute atomic E-state index is 0.156. The van der Waals surface area contributed by atoms with Crippen LogP contribution in [0.3, 0.4) is 0 Å². The molecule has 1 aliphatic rings. The van der Waals surface area contributed by atoms with Crippen LogP contribution < -0.4 is 4.74 Å². The summed E-state index contributed by atoms with van der Waals surface area (Å²) in [4.78, 5) is 28.3. The van der Waals surface area contributed by atoms with E-state index in [-0.39, 0.29) is 12.3 Å². The predicted molar refractivity (Wildman–Crippen MR) is 80.9 cm³/mol. The smallest absolute Gasteiger partial charge is 0.326 e. The number of carboxylic acid groups (broad SMARTS) is 1. The van der Waals surface area contributed by atoms with Crippen LogP contribution in [0, 0.1) is 0 Å². The highest BCUT2D eigenvalue weighted by atomic mass is 16.5. The van der Waals surface area contributed by atoms with Gasteiger partial charge in [0, 0.05) is 23.6 Å². The molecule has 6 heteroatoms. The van der Waals surface area contributed by atoms with Crippen LogP contribution in [-0.4, -0.2) is 46.6 Å². The van der Waals surface area contributed by atoms with Crippen LogP contribution in [0.2, 0.25) is 0 Å². The van der Waals surface area contributed by atoms with Gasteiger partial charge in [-0.05, 0) is 30.5 Å². The van der Waals surface area contributed by atoms with Gasteiger partial charge in [0.2, 0.25) is 5.91 Å². The summed E-state index contributed by atoms with van der Waals surface area (Å²) in [7, 11) is 1.59. The first-order valence-electron chi connectivity index (χ1n) is 7.27. The van der Waals surface area contributed by atoms with E-state index < -0.39 is 12.0 Å². The normalized spacial score (nSPS) is 17.9. The number of H-pyrrole nitrogens is 1. The first-order valence-corrected chi connectivity index (χ1v) is 7.27. The van der Waals surface area contributed by atoms with E-state index in [4.69, 9.17) is 4.74 Å². The van der Waals surface area contributed by atoms with Crippen LogP contribution in [0.5, 0.6) is 5.75 Å². The topological polar surface area (TPSA) is 82.6 Å². The van der Waals surface area contributed by atoms with Crippen molar-refractivity contribution in [1.82, 2.24) is 9.88 Å². The summed E-state index contributed by atoms with van der Waals surface area (Å²) in [5.74, 6) is -0.378. The van der Waals surface area contributed by atoms with Gasteiger partial charge in [-0.1, -0.05) is 6.07 Å². The molecule has 0 spiro atoms. The second-order valence-corrected chi connectivity index (χ2v) is 5.46. The number of fused-ring (bicyclic) bond motifs is 1. The zero-order chi connectivity index (χ0) is 15.7. The zero-order valence-corrected chi connectivity index (χ0v) is 12.3. The SMILES string of the molecule is COc1cccc2[nH]cc(CC(=O)N3CCCC3C(=O)O)c12. The number of nitrogens with one attached hydrogen (secondary N) is 1. The minimum atomic E-state index is -0.928. The largest absolute Gasteiger partial charge is 0.496 e. The number of ether oxygens (including phenoxy) is 1. The molecule has 1 fully saturated rings. The number of methoxy groups -OCH3 is 1. The molecule has 1 aromatic carbocycles. The Kier molecular flexibility index (Phi) is 3.75. The Labute approximate surface area is 127 Å². The first-order chi connectivity index (χ1) is 10.6. The highest BCUT2D eigenvalue weighted by molar-refractivity contribution is 5.94. The van der Waals surface area contributed by atoms with Gasteiger partial charge in [0.25, 0.3) is 0 Å². The molecule has 3 rings (SSSR count). The number of hydrogen-bond donors (Lipinski definition) is 2. The number of aliphatic carboxylic acids is 1. The number of hydrogen-bond acceptors (Lipinski definition) is 3. The standard InChI is InChI=1S/C16H18N2O4/c1-22-13-6-2-4-11-15(13)10(9-17-11)8-14(19)18-7-3-5-12(18)16(20)21/h2,4,6,9,12,17H,3,5,7-8H2,1H3,(H,20,21). The average molecular weight is 302 g/mol. The maximum Gasteiger partial charge on any atom is 0.326 e. The third-order valence-corrected chi connectivity index (χ3v) is 4.17. The lowest BCUT2D eigenvalue weighted by atomic mass is 10.1. The number of aromatic amines is 1. The molecule has 22 heavy (non-hydrogen) atoms. The number of amides is 1. The monoisotopic (exact) mass is 302 g/mol. The van der Waals surface area contributed by atoms with Crippen LogP contribution in [0.25, 0.3) is 10.9 Å². The molecule has 1 atom stereocenters. The molecule has 2 heterocycles. The van der Waals surface area contributed by atoms with Crippen molar-refractivity contribution < 1.29 is 19.4 Å². The zero-order valence-electron chi connectivity index (χ0n) is 12.3. The number of aromatic nitrogens is 1. The molecule has 1 aliphatic heterocycles. The minimum Gasteiger partial charge on any atom is -0.496 e. The third-order valence-electron chi connectivity index (χ3n) is 4.17. The van der Waals surface area contributed by atoms with Gasteiger partial charge in [-0.3, -0.25) is 4.79 Å². The van der Waals surface area contributed by atoms with Gasteiger partial charge >= 0.3 is 5.97 Å². The van der Waals surface area contributed by atoms with Gasteiger partial charge in [-0.15, -0.1) is 0 Å². The van der Waals surface area contributed by atoms with Crippen LogP contribution in [0.15, 0.2) is 24.4 Å². The first kappa shape index (κ1) is 14.4. The number of nitrogens with zero attached hydrogens (tertiary/aromatic N) is 1. The molecule has 0 radical (unpaired) electrons. The molecule has 1 aromatic heterocycles. The molecule has 0 saturated carbocycles. The molecule has 116 valence electrons. The van der Waals surface area contributed by atoms with Crippen LogP contribution in [0.4, 0.5) is 0 Å². The van der Waals surface area contributed by atoms with Crippen LogP contribution in [-0.2, 0) is 16.0 Å². The highest BCUT2D eigenvalue weighted by Gasteiger charge is 2.34. The summed E-state index contributed by atoms with van der Waals surface area (Å²) in [5.41, 5.74) is 1.73. The number of benzene rings is 1. The second-order valence-electron chi connectivity index (χ2n) is 5.46. The number of likely N-dealkylation sites (tertiary alicyclic amines) is 1. The van der Waals surface area contributed by atoms with Gasteiger partial charge in [0.05, 0.1) is 13.5 Å². The second kappa shape index (κ2) is 5.71. The summed E-state index contributed by atoms with van der Waals surface area (Å²) >= 11 is 0. The van der Waals surface area contributed by atoms with Crippen molar-refractivity contribution in [2.75, 3.05) is 13.7 Å². The number of carbonyl (C=O) groups excluding carboxylic acids is 1. The molecule has 0 aliphatic carbocycles. The summed E-state index contributed by atoms with van der Waals surface area (Å²) in [6.45, 7) is 0.509. The Morgan fingerprint density at radius 3 is 3.00 bits per heavy atom. The van der Waals surface area contributed by atoms with E-state index in [1.54, 1.807) is 13.3 Å². The fourth-order valence-electron chi connectivity index (χ4n) is 3.12. The summed E-state index contributed by atoms with van der Waals surface area (Å²) < 4.78 is 5.35. The Morgan fingerprint density at radius 1 is 1.45 bits per heavy atom. The summed E-state index contributed by atoms with van der Waals surface area (Å²) in [5, 5.41) is 10.1. The van der Waals surface area contributed by atoms with E-state index in [0.29, 0.717) is 18.7 Å². The molecular weight excluding hydrogens is 284 g/mol. The third kappa shape index (κ3) is 2.41. The van der Waals surface area contributed by atoms with Gasteiger partial charge in [0.15, 0.2) is 0 Å². The average Bonchev–Trinajstić information content (AvgIpc) is 3.14. The predicted octanol–water partition coefficient (Wildman–Crippen LogP) is 1.79. The van der Waals surface area contributed by atoms with E-state index in [1.165, 1.54) is 4.90 Å². The fourth-order valence-corrected chi connectivity index (χ4v) is 3.12. The molecule has 2 N–H and O–H groups in total. The van der Waals surface area contributed by atoms with Crippen molar-refractivity contribution in [2.24, 2.45) is 0 Å². The van der Waals surface area contributed by atoms with E-state index in [2.05, 4.69) is 4.98 Å². The van der Waals surface area contributed by atoms with Gasteiger partial charge in [-0.25, -0.2) is 4.79 Å². The maximum absolute atomic E-state index is 12.5. The van der Waals surface area contributed by atoms with Crippen molar-refractivity contribution in [1.29, 1.82) is 0 Å². The number of carboxylic acids is 1. The molecule has 2 aromatic rings. The molecule has 6 nitrogen and oxygen atoms in total. The highest BCUT2D eigenvalue weighted by Crippen LogP contribution is 2.29. The lowest BCUT2D eigenvalue weighted by Crippen LogP contribution is -2.41. The van der Waals surface area contributed by atoms with Crippen LogP contribution >= 0.6 is 0 Å². The molecule has 1 unspecified atom stereocenters. The van der Waals surface area contributed by atoms with E-state index >= 15 is 0 Å². The van der Waals surface area contributed by atoms with Crippen LogP contribution in [0.1, 0.15) is 18.4 Å². The van der Waals surface area contributed by atoms with E-state index in [1.807, 2.05) is 18.2 Å². The van der Waals surface area contributed by atoms with Crippen molar-refractivity contribution in [3.05, 3.63) is 30.0 Å². The van der Waals surface area contributed by atoms with Crippen molar-refractivity contribution in [3.8, 4) is 5.75 Å². The van der Waals surface area contributed by atoms with Gasteiger partial charge in [-0.2, -0.15) is 0 Å². The lowest BCUT2D eigenvalue weighted by Gasteiger charge is -2.21. The Balaban J connectivity index is 1.87. The molecule has 1 amide bonds. The summed E-state index contributed by atoms with van der Waals surface area (Å²) in [6.07, 6.45) is 3.22. The Hall–Kier alpha value is -2.50.